The van der Waals surface area contributed by atoms with Crippen molar-refractivity contribution in [2.45, 2.75) is 206 Å². The van der Waals surface area contributed by atoms with E-state index in [0.717, 1.165) is 25.7 Å². The molecule has 0 amide bonds. The normalized spacial score (nSPS) is 14.5. The van der Waals surface area contributed by atoms with Crippen molar-refractivity contribution in [1.29, 1.82) is 0 Å². The van der Waals surface area contributed by atoms with Crippen LogP contribution in [0.3, 0.4) is 0 Å². The molecule has 3 atom stereocenters. The van der Waals surface area contributed by atoms with Crippen LogP contribution in [0.2, 0.25) is 0 Å². The molecular formula is C40H81O8P. The molecular weight excluding hydrogens is 639 g/mol. The van der Waals surface area contributed by atoms with E-state index in [1.807, 2.05) is 0 Å². The highest BCUT2D eigenvalue weighted by Crippen LogP contribution is 2.43. The lowest BCUT2D eigenvalue weighted by atomic mass is 10.0. The van der Waals surface area contributed by atoms with Crippen molar-refractivity contribution in [1.82, 2.24) is 0 Å². The van der Waals surface area contributed by atoms with Gasteiger partial charge in [-0.3, -0.25) is 9.05 Å². The predicted octanol–water partition coefficient (Wildman–Crippen LogP) is 11.4. The maximum atomic E-state index is 12.2. The zero-order chi connectivity index (χ0) is 35.9. The molecule has 0 aromatic carbocycles. The maximum Gasteiger partial charge on any atom is 0.472 e. The van der Waals surface area contributed by atoms with Crippen molar-refractivity contribution in [2.24, 2.45) is 0 Å². The molecule has 0 saturated heterocycles. The molecule has 0 bridgehead atoms. The number of hydrogen-bond acceptors (Lipinski definition) is 7. The smallest absolute Gasteiger partial charge is 0.394 e. The van der Waals surface area contributed by atoms with E-state index in [-0.39, 0.29) is 13.2 Å². The van der Waals surface area contributed by atoms with E-state index in [1.165, 1.54) is 154 Å². The van der Waals surface area contributed by atoms with E-state index in [9.17, 15) is 14.6 Å². The molecule has 294 valence electrons. The predicted molar refractivity (Wildman–Crippen MR) is 205 cm³/mol. The van der Waals surface area contributed by atoms with E-state index in [2.05, 4.69) is 26.0 Å². The van der Waals surface area contributed by atoms with Gasteiger partial charge in [0.05, 0.1) is 26.4 Å². The molecule has 0 fully saturated rings. The summed E-state index contributed by atoms with van der Waals surface area (Å²) < 4.78 is 34.0. The number of rotatable bonds is 41. The number of aliphatic hydroxyl groups is 2. The van der Waals surface area contributed by atoms with E-state index >= 15 is 0 Å². The zero-order valence-electron chi connectivity index (χ0n) is 32.2. The number of allylic oxidation sites excluding steroid dienone is 2. The second-order valence-corrected chi connectivity index (χ2v) is 15.5. The standard InChI is InChI=1S/C40H81O8P/c1-3-5-7-9-11-13-15-17-19-20-22-24-26-28-30-32-34-46-40(38-48-49(43,44)47-36-39(42)35-41)37-45-33-31-29-27-25-23-21-18-16-14-12-10-8-6-4-2/h17,19,39-42H,3-16,18,20-38H2,1-2H3,(H,43,44)/b19-17-. The molecule has 0 rings (SSSR count). The average Bonchev–Trinajstić information content (AvgIpc) is 3.10. The summed E-state index contributed by atoms with van der Waals surface area (Å²) in [7, 11) is -4.38. The second kappa shape index (κ2) is 38.9. The zero-order valence-corrected chi connectivity index (χ0v) is 33.1. The first-order valence-electron chi connectivity index (χ1n) is 20.7. The van der Waals surface area contributed by atoms with Crippen LogP contribution >= 0.6 is 7.82 Å². The summed E-state index contributed by atoms with van der Waals surface area (Å²) in [5, 5.41) is 18.3. The van der Waals surface area contributed by atoms with Gasteiger partial charge in [-0.2, -0.15) is 0 Å². The van der Waals surface area contributed by atoms with Gasteiger partial charge in [0.25, 0.3) is 0 Å². The number of ether oxygens (including phenoxy) is 2. The van der Waals surface area contributed by atoms with Crippen LogP contribution in [0.4, 0.5) is 0 Å². The summed E-state index contributed by atoms with van der Waals surface area (Å²) in [5.41, 5.74) is 0. The molecule has 9 heteroatoms. The Bertz CT molecular complexity index is 722. The molecule has 0 aliphatic heterocycles. The van der Waals surface area contributed by atoms with E-state index < -0.39 is 33.2 Å². The Kier molecular flexibility index (Phi) is 38.7. The van der Waals surface area contributed by atoms with Gasteiger partial charge in [-0.25, -0.2) is 4.57 Å². The Labute approximate surface area is 303 Å². The molecule has 8 nitrogen and oxygen atoms in total. The van der Waals surface area contributed by atoms with Gasteiger partial charge in [-0.15, -0.1) is 0 Å². The summed E-state index contributed by atoms with van der Waals surface area (Å²) >= 11 is 0. The fourth-order valence-electron chi connectivity index (χ4n) is 5.80. The summed E-state index contributed by atoms with van der Waals surface area (Å²) in [6.07, 6.45) is 38.8. The third kappa shape index (κ3) is 38.7. The Morgan fingerprint density at radius 3 is 1.37 bits per heavy atom. The average molecular weight is 721 g/mol. The minimum absolute atomic E-state index is 0.145. The third-order valence-corrected chi connectivity index (χ3v) is 9.97. The Morgan fingerprint density at radius 1 is 0.531 bits per heavy atom. The topological polar surface area (TPSA) is 115 Å². The van der Waals surface area contributed by atoms with Gasteiger partial charge in [0.2, 0.25) is 0 Å². The fraction of sp³-hybridized carbons (Fsp3) is 0.950. The molecule has 0 saturated carbocycles. The second-order valence-electron chi connectivity index (χ2n) is 14.0. The maximum absolute atomic E-state index is 12.2. The fourth-order valence-corrected chi connectivity index (χ4v) is 6.59. The third-order valence-electron chi connectivity index (χ3n) is 9.02. The van der Waals surface area contributed by atoms with Gasteiger partial charge >= 0.3 is 7.82 Å². The van der Waals surface area contributed by atoms with E-state index in [1.54, 1.807) is 0 Å². The monoisotopic (exact) mass is 721 g/mol. The van der Waals surface area contributed by atoms with Crippen LogP contribution in [-0.4, -0.2) is 67.0 Å². The molecule has 3 unspecified atom stereocenters. The quantitative estimate of drug-likeness (QED) is 0.0325. The molecule has 0 radical (unpaired) electrons. The lowest BCUT2D eigenvalue weighted by Gasteiger charge is -2.20. The molecule has 3 N–H and O–H groups in total. The van der Waals surface area contributed by atoms with Crippen LogP contribution in [0.5, 0.6) is 0 Å². The lowest BCUT2D eigenvalue weighted by molar-refractivity contribution is -0.0462. The summed E-state index contributed by atoms with van der Waals surface area (Å²) in [6, 6.07) is 0. The van der Waals surface area contributed by atoms with Crippen molar-refractivity contribution in [3.05, 3.63) is 12.2 Å². The minimum atomic E-state index is -4.38. The van der Waals surface area contributed by atoms with Gasteiger partial charge in [-0.1, -0.05) is 167 Å². The highest BCUT2D eigenvalue weighted by atomic mass is 31.2. The van der Waals surface area contributed by atoms with E-state index in [4.69, 9.17) is 23.6 Å². The van der Waals surface area contributed by atoms with Crippen molar-refractivity contribution in [3.63, 3.8) is 0 Å². The number of aliphatic hydroxyl groups excluding tert-OH is 2. The molecule has 49 heavy (non-hydrogen) atoms. The highest BCUT2D eigenvalue weighted by molar-refractivity contribution is 7.47. The van der Waals surface area contributed by atoms with Crippen LogP contribution in [-0.2, 0) is 23.1 Å². The summed E-state index contributed by atoms with van der Waals surface area (Å²) in [5.74, 6) is 0. The highest BCUT2D eigenvalue weighted by Gasteiger charge is 2.25. The Morgan fingerprint density at radius 2 is 0.918 bits per heavy atom. The number of hydrogen-bond donors (Lipinski definition) is 3. The minimum Gasteiger partial charge on any atom is -0.394 e. The van der Waals surface area contributed by atoms with Crippen molar-refractivity contribution >= 4 is 7.82 Å². The molecule has 0 aromatic rings. The molecule has 0 aliphatic rings. The summed E-state index contributed by atoms with van der Waals surface area (Å²) in [4.78, 5) is 9.96. The van der Waals surface area contributed by atoms with Crippen LogP contribution in [0.1, 0.15) is 194 Å². The van der Waals surface area contributed by atoms with Crippen molar-refractivity contribution in [3.8, 4) is 0 Å². The molecule has 0 spiro atoms. The van der Waals surface area contributed by atoms with Gasteiger partial charge < -0.3 is 24.6 Å². The number of unbranched alkanes of at least 4 members (excludes halogenated alkanes) is 25. The van der Waals surface area contributed by atoms with Crippen LogP contribution in [0.15, 0.2) is 12.2 Å². The first-order chi connectivity index (χ1) is 23.9. The SMILES string of the molecule is CCCCCCCC/C=C\CCCCCCCCOC(COCCCCCCCCCCCCCCCC)COP(=O)(O)OCC(O)CO. The first kappa shape index (κ1) is 48.7. The lowest BCUT2D eigenvalue weighted by Crippen LogP contribution is -2.27. The van der Waals surface area contributed by atoms with Gasteiger partial charge in [0.1, 0.15) is 12.2 Å². The van der Waals surface area contributed by atoms with E-state index in [0.29, 0.717) is 13.2 Å². The van der Waals surface area contributed by atoms with Gasteiger partial charge in [-0.05, 0) is 38.5 Å². The van der Waals surface area contributed by atoms with Gasteiger partial charge in [0.15, 0.2) is 0 Å². The molecule has 0 aromatic heterocycles. The number of phosphoric acid groups is 1. The van der Waals surface area contributed by atoms with Crippen LogP contribution < -0.4 is 0 Å². The Hall–Kier alpha value is -0.310. The summed E-state index contributed by atoms with van der Waals surface area (Å²) in [6.45, 7) is 4.79. The first-order valence-corrected chi connectivity index (χ1v) is 22.2. The van der Waals surface area contributed by atoms with Gasteiger partial charge in [0, 0.05) is 13.2 Å². The van der Waals surface area contributed by atoms with Crippen molar-refractivity contribution < 1.29 is 38.2 Å². The Balaban J connectivity index is 4.05. The van der Waals surface area contributed by atoms with Crippen LogP contribution in [0.25, 0.3) is 0 Å². The number of phosphoric ester groups is 1. The van der Waals surface area contributed by atoms with Crippen LogP contribution in [0, 0.1) is 0 Å². The molecule has 0 heterocycles. The largest absolute Gasteiger partial charge is 0.472 e. The molecule has 0 aliphatic carbocycles. The van der Waals surface area contributed by atoms with Crippen molar-refractivity contribution in [2.75, 3.05) is 39.6 Å².